The van der Waals surface area contributed by atoms with Gasteiger partial charge in [0.15, 0.2) is 0 Å². The van der Waals surface area contributed by atoms with Crippen LogP contribution in [0.15, 0.2) is 18.2 Å². The minimum absolute atomic E-state index is 0.0175. The van der Waals surface area contributed by atoms with Crippen molar-refractivity contribution in [1.82, 2.24) is 10.6 Å². The second-order valence-corrected chi connectivity index (χ2v) is 6.90. The summed E-state index contributed by atoms with van der Waals surface area (Å²) < 4.78 is 5.25. The minimum Gasteiger partial charge on any atom is -0.444 e. The number of rotatable bonds is 6. The van der Waals surface area contributed by atoms with E-state index in [2.05, 4.69) is 10.6 Å². The topological polar surface area (TPSA) is 50.4 Å². The maximum Gasteiger partial charge on any atom is 0.407 e. The number of amides is 1. The summed E-state index contributed by atoms with van der Waals surface area (Å²) in [6.45, 7) is 8.68. The largest absolute Gasteiger partial charge is 0.444 e. The van der Waals surface area contributed by atoms with E-state index >= 15 is 0 Å². The summed E-state index contributed by atoms with van der Waals surface area (Å²) >= 11 is 12.2. The molecule has 1 unspecified atom stereocenters. The van der Waals surface area contributed by atoms with E-state index in [0.717, 1.165) is 12.0 Å². The lowest BCUT2D eigenvalue weighted by molar-refractivity contribution is 0.0502. The molecule has 0 aromatic heterocycles. The Morgan fingerprint density at radius 3 is 2.36 bits per heavy atom. The predicted octanol–water partition coefficient (Wildman–Crippen LogP) is 4.39. The van der Waals surface area contributed by atoms with Crippen molar-refractivity contribution in [2.45, 2.75) is 52.3 Å². The number of carbonyl (C=O) groups is 1. The summed E-state index contributed by atoms with van der Waals surface area (Å²) in [5, 5.41) is 7.38. The molecule has 22 heavy (non-hydrogen) atoms. The van der Waals surface area contributed by atoms with Crippen LogP contribution >= 0.6 is 23.2 Å². The predicted molar refractivity (Wildman–Crippen MR) is 91.6 cm³/mol. The molecule has 124 valence electrons. The van der Waals surface area contributed by atoms with Crippen LogP contribution in [-0.2, 0) is 11.3 Å². The highest BCUT2D eigenvalue weighted by atomic mass is 35.5. The molecule has 2 N–H and O–H groups in total. The third-order valence-electron chi connectivity index (χ3n) is 2.97. The molecular formula is C16H24Cl2N2O2. The Bertz CT molecular complexity index is 481. The van der Waals surface area contributed by atoms with Crippen molar-refractivity contribution in [2.75, 3.05) is 6.54 Å². The highest BCUT2D eigenvalue weighted by Crippen LogP contribution is 2.23. The average molecular weight is 347 g/mol. The lowest BCUT2D eigenvalue weighted by atomic mass is 10.2. The molecule has 1 rings (SSSR count). The van der Waals surface area contributed by atoms with E-state index < -0.39 is 11.7 Å². The standard InChI is InChI=1S/C16H24Cl2N2O2/c1-5-11(20-15(21)22-16(2,3)4)9-19-10-12-13(17)7-6-8-14(12)18/h6-8,11,19H,5,9-10H2,1-4H3,(H,20,21). The second-order valence-electron chi connectivity index (χ2n) is 6.08. The van der Waals surface area contributed by atoms with Crippen LogP contribution in [0.5, 0.6) is 0 Å². The van der Waals surface area contributed by atoms with E-state index in [1.54, 1.807) is 12.1 Å². The molecule has 4 nitrogen and oxygen atoms in total. The third kappa shape index (κ3) is 6.86. The molecular weight excluding hydrogens is 323 g/mol. The van der Waals surface area contributed by atoms with Crippen molar-refractivity contribution >= 4 is 29.3 Å². The van der Waals surface area contributed by atoms with Gasteiger partial charge in [-0.05, 0) is 39.3 Å². The van der Waals surface area contributed by atoms with E-state index in [-0.39, 0.29) is 6.04 Å². The minimum atomic E-state index is -0.499. The van der Waals surface area contributed by atoms with Crippen LogP contribution in [0.1, 0.15) is 39.7 Å². The highest BCUT2D eigenvalue weighted by Gasteiger charge is 2.18. The fraction of sp³-hybridized carbons (Fsp3) is 0.562. The average Bonchev–Trinajstić information content (AvgIpc) is 2.38. The Kier molecular flexibility index (Phi) is 7.46. The van der Waals surface area contributed by atoms with Gasteiger partial charge < -0.3 is 15.4 Å². The normalized spacial score (nSPS) is 12.8. The quantitative estimate of drug-likeness (QED) is 0.803. The monoisotopic (exact) mass is 346 g/mol. The molecule has 0 spiro atoms. The van der Waals surface area contributed by atoms with Gasteiger partial charge in [0.25, 0.3) is 0 Å². The van der Waals surface area contributed by atoms with Crippen LogP contribution in [0.3, 0.4) is 0 Å². The van der Waals surface area contributed by atoms with Gasteiger partial charge in [0, 0.05) is 34.7 Å². The van der Waals surface area contributed by atoms with Crippen LogP contribution in [0.4, 0.5) is 4.79 Å². The summed E-state index contributed by atoms with van der Waals surface area (Å²) in [6.07, 6.45) is 0.389. The zero-order valence-corrected chi connectivity index (χ0v) is 15.0. The molecule has 0 saturated heterocycles. The summed E-state index contributed by atoms with van der Waals surface area (Å²) in [5.74, 6) is 0. The Balaban J connectivity index is 2.46. The molecule has 1 atom stereocenters. The number of hydrogen-bond donors (Lipinski definition) is 2. The fourth-order valence-corrected chi connectivity index (χ4v) is 2.38. The van der Waals surface area contributed by atoms with Gasteiger partial charge in [0.2, 0.25) is 0 Å². The number of hydrogen-bond acceptors (Lipinski definition) is 3. The molecule has 0 aliphatic rings. The van der Waals surface area contributed by atoms with E-state index in [9.17, 15) is 4.79 Å². The number of benzene rings is 1. The van der Waals surface area contributed by atoms with Gasteiger partial charge in [-0.2, -0.15) is 0 Å². The van der Waals surface area contributed by atoms with Gasteiger partial charge >= 0.3 is 6.09 Å². The molecule has 1 aromatic carbocycles. The number of ether oxygens (including phenoxy) is 1. The zero-order chi connectivity index (χ0) is 16.8. The zero-order valence-electron chi connectivity index (χ0n) is 13.5. The number of carbonyl (C=O) groups excluding carboxylic acids is 1. The van der Waals surface area contributed by atoms with Crippen molar-refractivity contribution < 1.29 is 9.53 Å². The first kappa shape index (κ1) is 19.1. The smallest absolute Gasteiger partial charge is 0.407 e. The fourth-order valence-electron chi connectivity index (χ4n) is 1.84. The van der Waals surface area contributed by atoms with E-state index in [1.165, 1.54) is 0 Å². The van der Waals surface area contributed by atoms with Crippen molar-refractivity contribution in [2.24, 2.45) is 0 Å². The van der Waals surface area contributed by atoms with Crippen molar-refractivity contribution in [1.29, 1.82) is 0 Å². The molecule has 1 amide bonds. The van der Waals surface area contributed by atoms with Gasteiger partial charge in [-0.15, -0.1) is 0 Å². The maximum atomic E-state index is 11.8. The van der Waals surface area contributed by atoms with Gasteiger partial charge in [-0.3, -0.25) is 0 Å². The number of halogens is 2. The summed E-state index contributed by atoms with van der Waals surface area (Å²) in [6, 6.07) is 5.41. The van der Waals surface area contributed by atoms with Crippen molar-refractivity contribution in [3.8, 4) is 0 Å². The Morgan fingerprint density at radius 2 is 1.86 bits per heavy atom. The van der Waals surface area contributed by atoms with E-state index in [4.69, 9.17) is 27.9 Å². The second kappa shape index (κ2) is 8.61. The van der Waals surface area contributed by atoms with Crippen LogP contribution in [-0.4, -0.2) is 24.3 Å². The Labute approximate surface area is 142 Å². The van der Waals surface area contributed by atoms with Crippen molar-refractivity contribution in [3.05, 3.63) is 33.8 Å². The molecule has 0 aliphatic heterocycles. The number of nitrogens with one attached hydrogen (secondary N) is 2. The van der Waals surface area contributed by atoms with Gasteiger partial charge in [-0.25, -0.2) is 4.79 Å². The molecule has 0 heterocycles. The first-order valence-corrected chi connectivity index (χ1v) is 8.11. The van der Waals surface area contributed by atoms with Crippen molar-refractivity contribution in [3.63, 3.8) is 0 Å². The lowest BCUT2D eigenvalue weighted by Crippen LogP contribution is -2.43. The molecule has 6 heteroatoms. The van der Waals surface area contributed by atoms with Gasteiger partial charge in [-0.1, -0.05) is 36.2 Å². The maximum absolute atomic E-state index is 11.8. The first-order chi connectivity index (χ1) is 10.2. The van der Waals surface area contributed by atoms with Crippen LogP contribution in [0, 0.1) is 0 Å². The summed E-state index contributed by atoms with van der Waals surface area (Å²) in [5.41, 5.74) is 0.360. The summed E-state index contributed by atoms with van der Waals surface area (Å²) in [7, 11) is 0. The Morgan fingerprint density at radius 1 is 1.27 bits per heavy atom. The van der Waals surface area contributed by atoms with Gasteiger partial charge in [0.1, 0.15) is 5.60 Å². The van der Waals surface area contributed by atoms with Crippen LogP contribution < -0.4 is 10.6 Å². The summed E-state index contributed by atoms with van der Waals surface area (Å²) in [4.78, 5) is 11.8. The third-order valence-corrected chi connectivity index (χ3v) is 3.68. The van der Waals surface area contributed by atoms with Gasteiger partial charge in [0.05, 0.1) is 0 Å². The highest BCUT2D eigenvalue weighted by molar-refractivity contribution is 6.35. The molecule has 1 aromatic rings. The lowest BCUT2D eigenvalue weighted by Gasteiger charge is -2.23. The van der Waals surface area contributed by atoms with Crippen LogP contribution in [0.25, 0.3) is 0 Å². The van der Waals surface area contributed by atoms with E-state index in [1.807, 2.05) is 33.8 Å². The molecule has 0 aliphatic carbocycles. The molecule has 0 bridgehead atoms. The number of alkyl carbamates (subject to hydrolysis) is 1. The molecule has 0 radical (unpaired) electrons. The SMILES string of the molecule is CCC(CNCc1c(Cl)cccc1Cl)NC(=O)OC(C)(C)C. The van der Waals surface area contributed by atoms with Crippen LogP contribution in [0.2, 0.25) is 10.0 Å². The molecule has 0 fully saturated rings. The molecule has 0 saturated carbocycles. The Hall–Kier alpha value is -0.970. The van der Waals surface area contributed by atoms with E-state index in [0.29, 0.717) is 23.1 Å². The first-order valence-electron chi connectivity index (χ1n) is 7.36.